The highest BCUT2D eigenvalue weighted by molar-refractivity contribution is 7.46. The number of likely N-dealkylation sites (N-methyl/N-ethyl adjacent to an activating group) is 1. The van der Waals surface area contributed by atoms with Gasteiger partial charge in [0.2, 0.25) is 12.1 Å². The van der Waals surface area contributed by atoms with Gasteiger partial charge in [0.15, 0.2) is 11.6 Å². The van der Waals surface area contributed by atoms with Crippen LogP contribution in [0.2, 0.25) is 0 Å². The Morgan fingerprint density at radius 3 is 2.53 bits per heavy atom. The number of halogens is 1. The lowest BCUT2D eigenvalue weighted by atomic mass is 9.74. The first kappa shape index (κ1) is 29.7. The quantitative estimate of drug-likeness (QED) is 0.180. The Hall–Kier alpha value is -1.26. The van der Waals surface area contributed by atoms with E-state index in [0.717, 1.165) is 12.1 Å². The SMILES string of the molecule is CC[C@@H]1[C@H](O)[C@H](NC)[C@H]2O[C@]3(O)[C@H](O[C@@H]2[C@H]1O)O[C@H](C)C[C@@]3(O)CNCc1ccc(F)c(OP(=O)(O)O)c1. The predicted molar refractivity (Wildman–Crippen MR) is 128 cm³/mol. The van der Waals surface area contributed by atoms with E-state index in [0.29, 0.717) is 12.0 Å². The maximum atomic E-state index is 13.9. The molecule has 0 amide bonds. The Morgan fingerprint density at radius 2 is 1.89 bits per heavy atom. The average molecular weight is 567 g/mol. The highest BCUT2D eigenvalue weighted by Crippen LogP contribution is 2.47. The Kier molecular flexibility index (Phi) is 8.57. The van der Waals surface area contributed by atoms with Crippen LogP contribution >= 0.6 is 7.82 Å². The number of phosphoric ester groups is 1. The summed E-state index contributed by atoms with van der Waals surface area (Å²) in [5, 5.41) is 51.0. The van der Waals surface area contributed by atoms with Gasteiger partial charge in [-0.15, -0.1) is 0 Å². The topological polar surface area (TPSA) is 199 Å². The molecule has 38 heavy (non-hydrogen) atoms. The molecule has 2 saturated heterocycles. The van der Waals surface area contributed by atoms with Gasteiger partial charge in [-0.3, -0.25) is 9.79 Å². The van der Waals surface area contributed by atoms with Gasteiger partial charge in [0.25, 0.3) is 0 Å². The molecule has 15 heteroatoms. The van der Waals surface area contributed by atoms with Gasteiger partial charge in [-0.05, 0) is 38.1 Å². The fourth-order valence-corrected chi connectivity index (χ4v) is 6.12. The van der Waals surface area contributed by atoms with Crippen molar-refractivity contribution in [2.45, 2.75) is 87.5 Å². The molecule has 1 aromatic rings. The third kappa shape index (κ3) is 5.51. The van der Waals surface area contributed by atoms with Gasteiger partial charge >= 0.3 is 7.82 Å². The van der Waals surface area contributed by atoms with E-state index in [1.54, 1.807) is 14.0 Å². The van der Waals surface area contributed by atoms with Crippen LogP contribution in [0.4, 0.5) is 4.39 Å². The molecule has 1 saturated carbocycles. The number of fused-ring (bicyclic) bond motifs is 2. The Balaban J connectivity index is 1.53. The van der Waals surface area contributed by atoms with Crippen molar-refractivity contribution in [2.75, 3.05) is 13.6 Å². The van der Waals surface area contributed by atoms with Crippen LogP contribution in [-0.2, 0) is 25.3 Å². The first-order valence-electron chi connectivity index (χ1n) is 12.4. The van der Waals surface area contributed by atoms with Crippen LogP contribution in [0, 0.1) is 11.7 Å². The minimum absolute atomic E-state index is 0.00223. The van der Waals surface area contributed by atoms with E-state index in [-0.39, 0.29) is 19.5 Å². The normalized spacial score (nSPS) is 41.3. The minimum Gasteiger partial charge on any atom is -0.401 e. The van der Waals surface area contributed by atoms with Crippen LogP contribution in [0.3, 0.4) is 0 Å². The highest BCUT2D eigenvalue weighted by atomic mass is 31.2. The van der Waals surface area contributed by atoms with Gasteiger partial charge < -0.3 is 49.8 Å². The zero-order valence-corrected chi connectivity index (χ0v) is 22.1. The number of rotatable bonds is 8. The number of benzene rings is 1. The summed E-state index contributed by atoms with van der Waals surface area (Å²) in [6.45, 7) is 3.25. The molecule has 0 unspecified atom stereocenters. The molecular formula is C23H36FN2O11P. The zero-order valence-electron chi connectivity index (χ0n) is 21.2. The predicted octanol–water partition coefficient (Wildman–Crippen LogP) is -0.925. The molecule has 8 N–H and O–H groups in total. The number of hydrogen-bond acceptors (Lipinski definition) is 11. The Bertz CT molecular complexity index is 1050. The lowest BCUT2D eigenvalue weighted by Gasteiger charge is -2.60. The highest BCUT2D eigenvalue weighted by Gasteiger charge is 2.68. The second-order valence-corrected chi connectivity index (χ2v) is 11.4. The number of hydrogen-bond donors (Lipinski definition) is 8. The monoisotopic (exact) mass is 566 g/mol. The van der Waals surface area contributed by atoms with E-state index in [4.69, 9.17) is 24.0 Å². The van der Waals surface area contributed by atoms with Crippen molar-refractivity contribution in [1.29, 1.82) is 0 Å². The van der Waals surface area contributed by atoms with E-state index in [1.807, 2.05) is 6.92 Å². The molecule has 4 rings (SSSR count). The number of aliphatic hydroxyl groups excluding tert-OH is 2. The fourth-order valence-electron chi connectivity index (χ4n) is 5.72. The van der Waals surface area contributed by atoms with Crippen molar-refractivity contribution in [1.82, 2.24) is 10.6 Å². The number of nitrogens with one attached hydrogen (secondary N) is 2. The van der Waals surface area contributed by atoms with Crippen molar-refractivity contribution in [3.8, 4) is 5.75 Å². The van der Waals surface area contributed by atoms with Gasteiger partial charge in [0, 0.05) is 25.4 Å². The molecule has 216 valence electrons. The van der Waals surface area contributed by atoms with Crippen molar-refractivity contribution in [3.63, 3.8) is 0 Å². The number of ether oxygens (including phenoxy) is 3. The van der Waals surface area contributed by atoms with Crippen LogP contribution in [0.15, 0.2) is 18.2 Å². The van der Waals surface area contributed by atoms with E-state index in [9.17, 15) is 29.4 Å². The van der Waals surface area contributed by atoms with Crippen LogP contribution < -0.4 is 15.2 Å². The largest absolute Gasteiger partial charge is 0.524 e. The molecule has 0 bridgehead atoms. The molecule has 2 heterocycles. The summed E-state index contributed by atoms with van der Waals surface area (Å²) in [5.41, 5.74) is -1.59. The van der Waals surface area contributed by atoms with Crippen molar-refractivity contribution in [3.05, 3.63) is 29.6 Å². The summed E-state index contributed by atoms with van der Waals surface area (Å²) in [6.07, 6.45) is -5.72. The summed E-state index contributed by atoms with van der Waals surface area (Å²) >= 11 is 0. The second kappa shape index (κ2) is 11.0. The van der Waals surface area contributed by atoms with Crippen LogP contribution in [0.5, 0.6) is 5.75 Å². The third-order valence-corrected chi connectivity index (χ3v) is 8.02. The standard InChI is InChI=1S/C23H36FN2O11P/c1-4-13-17(27)16(25-3)19-20(18(13)28)35-21-23(30,36-19)22(29,8-11(2)34-21)10-26-9-12-5-6-14(24)15(7-12)37-38(31,32)33/h5-7,11,13,16-21,25-30H,4,8-10H2,1-3H3,(H2,31,32,33)/t11-,13-,16+,17+,18+,19-,20-,21+,22-,23-/m1/s1. The number of aliphatic hydroxyl groups is 4. The third-order valence-electron chi connectivity index (χ3n) is 7.59. The van der Waals surface area contributed by atoms with Gasteiger partial charge in [-0.2, -0.15) is 0 Å². The second-order valence-electron chi connectivity index (χ2n) is 10.2. The first-order chi connectivity index (χ1) is 17.7. The molecule has 10 atom stereocenters. The van der Waals surface area contributed by atoms with E-state index in [2.05, 4.69) is 15.2 Å². The zero-order chi connectivity index (χ0) is 28.0. The molecule has 1 aliphatic carbocycles. The summed E-state index contributed by atoms with van der Waals surface area (Å²) in [6, 6.07) is 2.73. The van der Waals surface area contributed by atoms with Crippen molar-refractivity contribution >= 4 is 7.82 Å². The first-order valence-corrected chi connectivity index (χ1v) is 14.0. The van der Waals surface area contributed by atoms with E-state index < -0.39 is 79.5 Å². The molecule has 0 spiro atoms. The summed E-state index contributed by atoms with van der Waals surface area (Å²) in [5.74, 6) is -4.50. The lowest BCUT2D eigenvalue weighted by molar-refractivity contribution is -0.483. The maximum absolute atomic E-state index is 13.9. The molecule has 3 aliphatic rings. The van der Waals surface area contributed by atoms with E-state index >= 15 is 0 Å². The molecule has 2 aliphatic heterocycles. The van der Waals surface area contributed by atoms with Gasteiger partial charge in [-0.1, -0.05) is 13.0 Å². The Labute approximate surface area is 219 Å². The van der Waals surface area contributed by atoms with Gasteiger partial charge in [0.1, 0.15) is 17.8 Å². The van der Waals surface area contributed by atoms with Crippen LogP contribution in [0.1, 0.15) is 32.3 Å². The molecule has 3 fully saturated rings. The molecule has 13 nitrogen and oxygen atoms in total. The lowest BCUT2D eigenvalue weighted by Crippen LogP contribution is -2.80. The smallest absolute Gasteiger partial charge is 0.401 e. The Morgan fingerprint density at radius 1 is 1.18 bits per heavy atom. The number of phosphoric acid groups is 1. The molecule has 0 aromatic heterocycles. The van der Waals surface area contributed by atoms with Gasteiger partial charge in [-0.25, -0.2) is 8.96 Å². The average Bonchev–Trinajstić information content (AvgIpc) is 2.81. The summed E-state index contributed by atoms with van der Waals surface area (Å²) in [4.78, 5) is 18.0. The van der Waals surface area contributed by atoms with Crippen molar-refractivity contribution < 1.29 is 57.9 Å². The summed E-state index contributed by atoms with van der Waals surface area (Å²) < 4.78 is 47.2. The molecule has 0 radical (unpaired) electrons. The maximum Gasteiger partial charge on any atom is 0.524 e. The van der Waals surface area contributed by atoms with Crippen LogP contribution in [0.25, 0.3) is 0 Å². The van der Waals surface area contributed by atoms with Crippen LogP contribution in [-0.4, -0.2) is 98.0 Å². The summed E-state index contributed by atoms with van der Waals surface area (Å²) in [7, 11) is -3.37. The fraction of sp³-hybridized carbons (Fsp3) is 0.739. The van der Waals surface area contributed by atoms with Crippen molar-refractivity contribution in [2.24, 2.45) is 5.92 Å². The van der Waals surface area contributed by atoms with Gasteiger partial charge in [0.05, 0.1) is 24.4 Å². The molecular weight excluding hydrogens is 530 g/mol. The van der Waals surface area contributed by atoms with E-state index in [1.165, 1.54) is 6.07 Å². The molecule has 1 aromatic carbocycles. The minimum atomic E-state index is -4.98.